The first-order valence-corrected chi connectivity index (χ1v) is 13.7. The van der Waals surface area contributed by atoms with Crippen molar-refractivity contribution in [3.8, 4) is 5.75 Å². The minimum atomic E-state index is -3.66. The monoisotopic (exact) mass is 497 g/mol. The molecule has 2 amide bonds. The third kappa shape index (κ3) is 4.79. The number of hydrogen-bond acceptors (Lipinski definition) is 5. The van der Waals surface area contributed by atoms with Crippen LogP contribution in [-0.4, -0.2) is 38.9 Å². The second kappa shape index (κ2) is 9.28. The number of carbonyl (C=O) groups is 2. The van der Waals surface area contributed by atoms with Crippen LogP contribution in [0.3, 0.4) is 0 Å². The quantitative estimate of drug-likeness (QED) is 0.635. The van der Waals surface area contributed by atoms with Crippen molar-refractivity contribution >= 4 is 33.2 Å². The Labute approximate surface area is 206 Å². The standard InChI is InChI=1S/C26H31N3O5S/c1-16(22-14-18-7-8-19(22)13-18)28-35(32,33)21-11-9-20(10-12-21)27-26(31)25-15-29(17(2)30)23-5-3-4-6-24(23)34-25/h3-6,9-12,16,18-19,22,25,28H,7-8,13-15H2,1-2H3,(H,27,31). The smallest absolute Gasteiger partial charge is 0.267 e. The van der Waals surface area contributed by atoms with Crippen LogP contribution in [-0.2, 0) is 19.6 Å². The molecule has 9 heteroatoms. The van der Waals surface area contributed by atoms with Gasteiger partial charge in [-0.25, -0.2) is 13.1 Å². The number of benzene rings is 2. The molecule has 2 aromatic rings. The molecule has 2 N–H and O–H groups in total. The molecule has 186 valence electrons. The lowest BCUT2D eigenvalue weighted by molar-refractivity contribution is -0.123. The van der Waals surface area contributed by atoms with Crippen molar-refractivity contribution < 1.29 is 22.7 Å². The molecule has 1 heterocycles. The van der Waals surface area contributed by atoms with Crippen LogP contribution in [0.4, 0.5) is 11.4 Å². The summed E-state index contributed by atoms with van der Waals surface area (Å²) in [7, 11) is -3.66. The summed E-state index contributed by atoms with van der Waals surface area (Å²) in [5.74, 6) is 1.65. The maximum Gasteiger partial charge on any atom is 0.267 e. The zero-order valence-corrected chi connectivity index (χ0v) is 20.8. The first-order valence-electron chi connectivity index (χ1n) is 12.2. The Balaban J connectivity index is 1.23. The van der Waals surface area contributed by atoms with Gasteiger partial charge in [0.15, 0.2) is 6.10 Å². The topological polar surface area (TPSA) is 105 Å². The van der Waals surface area contributed by atoms with Crippen LogP contribution in [0, 0.1) is 17.8 Å². The summed E-state index contributed by atoms with van der Waals surface area (Å²) >= 11 is 0. The predicted octanol–water partition coefficient (Wildman–Crippen LogP) is 3.54. The highest BCUT2D eigenvalue weighted by molar-refractivity contribution is 7.89. The number of nitrogens with one attached hydrogen (secondary N) is 2. The molecule has 5 rings (SSSR count). The lowest BCUT2D eigenvalue weighted by Gasteiger charge is -2.33. The summed E-state index contributed by atoms with van der Waals surface area (Å²) in [5, 5.41) is 2.77. The molecule has 5 atom stereocenters. The zero-order chi connectivity index (χ0) is 24.7. The van der Waals surface area contributed by atoms with Crippen LogP contribution < -0.4 is 19.7 Å². The third-order valence-corrected chi connectivity index (χ3v) is 9.23. The number of sulfonamides is 1. The minimum Gasteiger partial charge on any atom is -0.476 e. The van der Waals surface area contributed by atoms with E-state index in [1.807, 2.05) is 13.0 Å². The lowest BCUT2D eigenvalue weighted by atomic mass is 9.84. The van der Waals surface area contributed by atoms with E-state index in [1.165, 1.54) is 43.2 Å². The fourth-order valence-corrected chi connectivity index (χ4v) is 7.21. The van der Waals surface area contributed by atoms with E-state index in [0.29, 0.717) is 29.0 Å². The molecular formula is C26H31N3O5S. The van der Waals surface area contributed by atoms with Gasteiger partial charge in [-0.1, -0.05) is 18.6 Å². The van der Waals surface area contributed by atoms with Crippen molar-refractivity contribution in [2.75, 3.05) is 16.8 Å². The van der Waals surface area contributed by atoms with Gasteiger partial charge < -0.3 is 15.0 Å². The first kappa shape index (κ1) is 23.8. The first-order chi connectivity index (χ1) is 16.7. The number of nitrogens with zero attached hydrogens (tertiary/aromatic N) is 1. The Morgan fingerprint density at radius 2 is 1.80 bits per heavy atom. The Morgan fingerprint density at radius 3 is 2.46 bits per heavy atom. The molecule has 35 heavy (non-hydrogen) atoms. The molecule has 5 unspecified atom stereocenters. The number of fused-ring (bicyclic) bond motifs is 3. The molecule has 0 radical (unpaired) electrons. The van der Waals surface area contributed by atoms with Gasteiger partial charge in [-0.05, 0) is 80.3 Å². The van der Waals surface area contributed by atoms with E-state index in [1.54, 1.807) is 30.3 Å². The molecule has 0 aromatic heterocycles. The molecule has 2 bridgehead atoms. The van der Waals surface area contributed by atoms with Crippen LogP contribution >= 0.6 is 0 Å². The number of para-hydroxylation sites is 2. The number of carbonyl (C=O) groups excluding carboxylic acids is 2. The Morgan fingerprint density at radius 1 is 1.06 bits per heavy atom. The predicted molar refractivity (Wildman–Crippen MR) is 133 cm³/mol. The van der Waals surface area contributed by atoms with Crippen molar-refractivity contribution in [3.05, 3.63) is 48.5 Å². The molecule has 1 aliphatic heterocycles. The maximum absolute atomic E-state index is 12.9. The molecular weight excluding hydrogens is 466 g/mol. The zero-order valence-electron chi connectivity index (χ0n) is 19.9. The number of amides is 2. The van der Waals surface area contributed by atoms with Gasteiger partial charge in [0.05, 0.1) is 17.1 Å². The lowest BCUT2D eigenvalue weighted by Crippen LogP contribution is -2.48. The number of rotatable bonds is 6. The average Bonchev–Trinajstić information content (AvgIpc) is 3.47. The minimum absolute atomic E-state index is 0.0927. The van der Waals surface area contributed by atoms with Crippen molar-refractivity contribution in [1.29, 1.82) is 0 Å². The highest BCUT2D eigenvalue weighted by Gasteiger charge is 2.42. The molecule has 2 aromatic carbocycles. The molecule has 0 spiro atoms. The van der Waals surface area contributed by atoms with Gasteiger partial charge in [-0.3, -0.25) is 9.59 Å². The van der Waals surface area contributed by atoms with Crippen LogP contribution in [0.15, 0.2) is 53.4 Å². The van der Waals surface area contributed by atoms with E-state index in [2.05, 4.69) is 10.0 Å². The summed E-state index contributed by atoms with van der Waals surface area (Å²) in [4.78, 5) is 26.6. The molecule has 0 saturated heterocycles. The second-order valence-electron chi connectivity index (χ2n) is 9.97. The van der Waals surface area contributed by atoms with E-state index in [9.17, 15) is 18.0 Å². The normalized spacial score (nSPS) is 26.1. The third-order valence-electron chi connectivity index (χ3n) is 7.65. The van der Waals surface area contributed by atoms with Crippen LogP contribution in [0.5, 0.6) is 5.75 Å². The molecule has 2 fully saturated rings. The van der Waals surface area contributed by atoms with Crippen LogP contribution in [0.25, 0.3) is 0 Å². The largest absolute Gasteiger partial charge is 0.476 e. The summed E-state index contributed by atoms with van der Waals surface area (Å²) in [5.41, 5.74) is 1.08. The summed E-state index contributed by atoms with van der Waals surface area (Å²) < 4.78 is 34.6. The highest BCUT2D eigenvalue weighted by Crippen LogP contribution is 2.49. The van der Waals surface area contributed by atoms with Gasteiger partial charge in [-0.15, -0.1) is 0 Å². The number of ether oxygens (including phenoxy) is 1. The Kier molecular flexibility index (Phi) is 6.31. The van der Waals surface area contributed by atoms with E-state index in [4.69, 9.17) is 4.74 Å². The number of anilines is 2. The van der Waals surface area contributed by atoms with Gasteiger partial charge in [0.25, 0.3) is 5.91 Å². The fraction of sp³-hybridized carbons (Fsp3) is 0.462. The molecule has 2 saturated carbocycles. The van der Waals surface area contributed by atoms with Crippen molar-refractivity contribution in [2.24, 2.45) is 17.8 Å². The average molecular weight is 498 g/mol. The summed E-state index contributed by atoms with van der Waals surface area (Å²) in [6, 6.07) is 13.1. The Bertz CT molecular complexity index is 1230. The molecule has 3 aliphatic rings. The summed E-state index contributed by atoms with van der Waals surface area (Å²) in [6.45, 7) is 3.50. The van der Waals surface area contributed by atoms with Gasteiger partial charge >= 0.3 is 0 Å². The van der Waals surface area contributed by atoms with E-state index < -0.39 is 22.0 Å². The van der Waals surface area contributed by atoms with Gasteiger partial charge in [0.2, 0.25) is 15.9 Å². The Hall–Kier alpha value is -2.91. The number of hydrogen-bond donors (Lipinski definition) is 2. The van der Waals surface area contributed by atoms with E-state index in [0.717, 1.165) is 12.3 Å². The highest BCUT2D eigenvalue weighted by atomic mass is 32.2. The van der Waals surface area contributed by atoms with E-state index >= 15 is 0 Å². The SMILES string of the molecule is CC(=O)N1CC(C(=O)Nc2ccc(S(=O)(=O)NC(C)C3CC4CCC3C4)cc2)Oc2ccccc21. The second-order valence-corrected chi connectivity index (χ2v) is 11.7. The van der Waals surface area contributed by atoms with Crippen LogP contribution in [0.1, 0.15) is 39.5 Å². The maximum atomic E-state index is 12.9. The van der Waals surface area contributed by atoms with Gasteiger partial charge in [0, 0.05) is 18.7 Å². The molecule has 8 nitrogen and oxygen atoms in total. The van der Waals surface area contributed by atoms with Crippen molar-refractivity contribution in [3.63, 3.8) is 0 Å². The van der Waals surface area contributed by atoms with E-state index in [-0.39, 0.29) is 23.4 Å². The van der Waals surface area contributed by atoms with Gasteiger partial charge in [-0.2, -0.15) is 0 Å². The van der Waals surface area contributed by atoms with Crippen LogP contribution in [0.2, 0.25) is 0 Å². The van der Waals surface area contributed by atoms with Gasteiger partial charge in [0.1, 0.15) is 5.75 Å². The fourth-order valence-electron chi connectivity index (χ4n) is 5.92. The van der Waals surface area contributed by atoms with Crippen molar-refractivity contribution in [1.82, 2.24) is 4.72 Å². The molecule has 2 aliphatic carbocycles. The van der Waals surface area contributed by atoms with Crippen molar-refractivity contribution in [2.45, 2.75) is 56.6 Å². The summed E-state index contributed by atoms with van der Waals surface area (Å²) in [6.07, 6.45) is 3.93.